The SMILES string of the molecule is CC1SCCN(C(=O)C2CNCCO2)C1c1ccccc1. The molecule has 3 rings (SSSR count). The van der Waals surface area contributed by atoms with Crippen molar-refractivity contribution in [2.24, 2.45) is 0 Å². The summed E-state index contributed by atoms with van der Waals surface area (Å²) >= 11 is 1.94. The fourth-order valence-electron chi connectivity index (χ4n) is 3.08. The second-order valence-corrected chi connectivity index (χ2v) is 7.01. The van der Waals surface area contributed by atoms with E-state index in [-0.39, 0.29) is 18.1 Å². The molecular weight excluding hydrogens is 284 g/mol. The molecule has 2 aliphatic heterocycles. The quantitative estimate of drug-likeness (QED) is 0.903. The molecule has 0 spiro atoms. The van der Waals surface area contributed by atoms with Crippen molar-refractivity contribution in [1.82, 2.24) is 10.2 Å². The predicted octanol–water partition coefficient (Wildman–Crippen LogP) is 1.68. The van der Waals surface area contributed by atoms with Gasteiger partial charge in [-0.05, 0) is 5.56 Å². The standard InChI is InChI=1S/C16H22N2O2S/c1-12-15(13-5-3-2-4-6-13)18(8-10-21-12)16(19)14-11-17-7-9-20-14/h2-6,12,14-15,17H,7-11H2,1H3. The first-order chi connectivity index (χ1) is 10.3. The van der Waals surface area contributed by atoms with Crippen LogP contribution in [0.2, 0.25) is 0 Å². The van der Waals surface area contributed by atoms with E-state index in [0.717, 1.165) is 18.8 Å². The third kappa shape index (κ3) is 3.25. The monoisotopic (exact) mass is 306 g/mol. The second kappa shape index (κ2) is 6.81. The fraction of sp³-hybridized carbons (Fsp3) is 0.562. The molecule has 2 fully saturated rings. The Kier molecular flexibility index (Phi) is 4.83. The summed E-state index contributed by atoms with van der Waals surface area (Å²) in [5.74, 6) is 1.12. The van der Waals surface area contributed by atoms with E-state index in [1.165, 1.54) is 5.56 Å². The number of carbonyl (C=O) groups excluding carboxylic acids is 1. The molecule has 114 valence electrons. The Labute approximate surface area is 130 Å². The van der Waals surface area contributed by atoms with Crippen molar-refractivity contribution in [3.63, 3.8) is 0 Å². The maximum atomic E-state index is 12.8. The average molecular weight is 306 g/mol. The van der Waals surface area contributed by atoms with E-state index in [1.54, 1.807) is 0 Å². The number of morpholine rings is 1. The van der Waals surface area contributed by atoms with Crippen molar-refractivity contribution in [1.29, 1.82) is 0 Å². The van der Waals surface area contributed by atoms with E-state index in [1.807, 2.05) is 34.9 Å². The van der Waals surface area contributed by atoms with Crippen molar-refractivity contribution >= 4 is 17.7 Å². The van der Waals surface area contributed by atoms with Crippen LogP contribution in [-0.4, -0.2) is 54.2 Å². The minimum absolute atomic E-state index is 0.128. The molecule has 1 aromatic carbocycles. The molecule has 21 heavy (non-hydrogen) atoms. The Morgan fingerprint density at radius 2 is 2.19 bits per heavy atom. The van der Waals surface area contributed by atoms with Gasteiger partial charge in [0.2, 0.25) is 0 Å². The largest absolute Gasteiger partial charge is 0.366 e. The molecule has 0 aliphatic carbocycles. The van der Waals surface area contributed by atoms with Gasteiger partial charge in [0.1, 0.15) is 6.10 Å². The van der Waals surface area contributed by atoms with E-state index in [0.29, 0.717) is 18.4 Å². The van der Waals surface area contributed by atoms with E-state index in [9.17, 15) is 4.79 Å². The first-order valence-corrected chi connectivity index (χ1v) is 8.61. The normalized spacial score (nSPS) is 30.1. The van der Waals surface area contributed by atoms with Crippen LogP contribution in [0.25, 0.3) is 0 Å². The van der Waals surface area contributed by atoms with Crippen LogP contribution in [0.15, 0.2) is 30.3 Å². The lowest BCUT2D eigenvalue weighted by molar-refractivity contribution is -0.147. The third-order valence-corrected chi connectivity index (χ3v) is 5.32. The van der Waals surface area contributed by atoms with Gasteiger partial charge in [-0.2, -0.15) is 11.8 Å². The van der Waals surface area contributed by atoms with Gasteiger partial charge in [-0.3, -0.25) is 4.79 Å². The van der Waals surface area contributed by atoms with Gasteiger partial charge in [0.15, 0.2) is 0 Å². The maximum absolute atomic E-state index is 12.8. The van der Waals surface area contributed by atoms with Crippen molar-refractivity contribution in [2.75, 3.05) is 32.0 Å². The van der Waals surface area contributed by atoms with Crippen molar-refractivity contribution in [2.45, 2.75) is 24.3 Å². The van der Waals surface area contributed by atoms with Gasteiger partial charge in [0, 0.05) is 30.6 Å². The highest BCUT2D eigenvalue weighted by atomic mass is 32.2. The Balaban J connectivity index is 1.82. The fourth-order valence-corrected chi connectivity index (χ4v) is 4.24. The summed E-state index contributed by atoms with van der Waals surface area (Å²) in [6, 6.07) is 10.5. The Hall–Kier alpha value is -1.04. The molecule has 1 aromatic rings. The topological polar surface area (TPSA) is 41.6 Å². The van der Waals surface area contributed by atoms with Crippen LogP contribution in [0, 0.1) is 0 Å². The number of thioether (sulfide) groups is 1. The molecular formula is C16H22N2O2S. The summed E-state index contributed by atoms with van der Waals surface area (Å²) in [7, 11) is 0. The zero-order chi connectivity index (χ0) is 14.7. The molecule has 5 heteroatoms. The predicted molar refractivity (Wildman–Crippen MR) is 85.4 cm³/mol. The minimum Gasteiger partial charge on any atom is -0.366 e. The van der Waals surface area contributed by atoms with Gasteiger partial charge in [-0.15, -0.1) is 0 Å². The zero-order valence-corrected chi connectivity index (χ0v) is 13.1. The van der Waals surface area contributed by atoms with Crippen molar-refractivity contribution in [3.05, 3.63) is 35.9 Å². The minimum atomic E-state index is -0.333. The van der Waals surface area contributed by atoms with Gasteiger partial charge >= 0.3 is 0 Å². The highest BCUT2D eigenvalue weighted by Crippen LogP contribution is 2.36. The number of nitrogens with zero attached hydrogens (tertiary/aromatic N) is 1. The second-order valence-electron chi connectivity index (χ2n) is 5.53. The molecule has 0 aromatic heterocycles. The molecule has 0 radical (unpaired) electrons. The number of rotatable bonds is 2. The summed E-state index contributed by atoms with van der Waals surface area (Å²) in [6.45, 7) is 5.08. The third-order valence-electron chi connectivity index (χ3n) is 4.12. The van der Waals surface area contributed by atoms with E-state index >= 15 is 0 Å². The smallest absolute Gasteiger partial charge is 0.253 e. The van der Waals surface area contributed by atoms with Crippen LogP contribution in [0.4, 0.5) is 0 Å². The first-order valence-electron chi connectivity index (χ1n) is 7.56. The van der Waals surface area contributed by atoms with Crippen molar-refractivity contribution in [3.8, 4) is 0 Å². The average Bonchev–Trinajstić information content (AvgIpc) is 2.55. The first kappa shape index (κ1) is 14.9. The summed E-state index contributed by atoms with van der Waals surface area (Å²) < 4.78 is 5.65. The highest BCUT2D eigenvalue weighted by Gasteiger charge is 2.37. The van der Waals surface area contributed by atoms with Crippen LogP contribution < -0.4 is 5.32 Å². The molecule has 2 saturated heterocycles. The summed E-state index contributed by atoms with van der Waals surface area (Å²) in [6.07, 6.45) is -0.333. The number of amides is 1. The summed E-state index contributed by atoms with van der Waals surface area (Å²) in [5, 5.41) is 3.65. The molecule has 3 atom stereocenters. The van der Waals surface area contributed by atoms with Crippen LogP contribution >= 0.6 is 11.8 Å². The van der Waals surface area contributed by atoms with Gasteiger partial charge in [0.05, 0.1) is 12.6 Å². The number of hydrogen-bond donors (Lipinski definition) is 1. The van der Waals surface area contributed by atoms with Crippen molar-refractivity contribution < 1.29 is 9.53 Å². The lowest BCUT2D eigenvalue weighted by Gasteiger charge is -2.42. The van der Waals surface area contributed by atoms with Crippen LogP contribution in [0.1, 0.15) is 18.5 Å². The van der Waals surface area contributed by atoms with Crippen LogP contribution in [0.5, 0.6) is 0 Å². The van der Waals surface area contributed by atoms with Gasteiger partial charge in [0.25, 0.3) is 5.91 Å². The van der Waals surface area contributed by atoms with E-state index in [4.69, 9.17) is 4.74 Å². The molecule has 2 heterocycles. The summed E-state index contributed by atoms with van der Waals surface area (Å²) in [4.78, 5) is 14.9. The Morgan fingerprint density at radius 1 is 1.38 bits per heavy atom. The van der Waals surface area contributed by atoms with Gasteiger partial charge < -0.3 is 15.0 Å². The number of ether oxygens (including phenoxy) is 1. The maximum Gasteiger partial charge on any atom is 0.253 e. The summed E-state index contributed by atoms with van der Waals surface area (Å²) in [5.41, 5.74) is 1.22. The molecule has 1 N–H and O–H groups in total. The number of carbonyl (C=O) groups is 1. The molecule has 1 amide bonds. The Morgan fingerprint density at radius 3 is 2.90 bits per heavy atom. The van der Waals surface area contributed by atoms with Gasteiger partial charge in [-0.25, -0.2) is 0 Å². The van der Waals surface area contributed by atoms with E-state index in [2.05, 4.69) is 24.4 Å². The zero-order valence-electron chi connectivity index (χ0n) is 12.3. The van der Waals surface area contributed by atoms with Gasteiger partial charge in [-0.1, -0.05) is 37.3 Å². The lowest BCUT2D eigenvalue weighted by Crippen LogP contribution is -2.53. The molecule has 4 nitrogen and oxygen atoms in total. The number of hydrogen-bond acceptors (Lipinski definition) is 4. The number of nitrogens with one attached hydrogen (secondary N) is 1. The molecule has 0 saturated carbocycles. The van der Waals surface area contributed by atoms with Crippen LogP contribution in [0.3, 0.4) is 0 Å². The number of benzene rings is 1. The highest BCUT2D eigenvalue weighted by molar-refractivity contribution is 8.00. The van der Waals surface area contributed by atoms with E-state index < -0.39 is 0 Å². The lowest BCUT2D eigenvalue weighted by atomic mass is 10.0. The molecule has 3 unspecified atom stereocenters. The van der Waals surface area contributed by atoms with Crippen LogP contribution in [-0.2, 0) is 9.53 Å². The Bertz CT molecular complexity index is 476. The molecule has 2 aliphatic rings. The molecule has 0 bridgehead atoms.